The number of nitrogens with two attached hydrogens (primary N) is 1. The third kappa shape index (κ3) is 2.70. The zero-order valence-corrected chi connectivity index (χ0v) is 10.4. The van der Waals surface area contributed by atoms with Crippen molar-refractivity contribution in [3.63, 3.8) is 0 Å². The van der Waals surface area contributed by atoms with E-state index in [2.05, 4.69) is 10.2 Å². The highest BCUT2D eigenvalue weighted by atomic mass is 16.1. The average Bonchev–Trinajstić information content (AvgIpc) is 3.11. The Morgan fingerprint density at radius 3 is 2.82 bits per heavy atom. The van der Waals surface area contributed by atoms with E-state index in [1.807, 2.05) is 13.1 Å². The zero-order valence-electron chi connectivity index (χ0n) is 10.4. The fourth-order valence-corrected chi connectivity index (χ4v) is 1.98. The maximum Gasteiger partial charge on any atom is 0.253 e. The summed E-state index contributed by atoms with van der Waals surface area (Å²) in [7, 11) is 3.66. The number of benzene rings is 1. The van der Waals surface area contributed by atoms with Crippen LogP contribution in [0.1, 0.15) is 23.2 Å². The van der Waals surface area contributed by atoms with Gasteiger partial charge in [-0.2, -0.15) is 0 Å². The first-order valence-electron chi connectivity index (χ1n) is 5.94. The molecule has 1 fully saturated rings. The first kappa shape index (κ1) is 11.8. The van der Waals surface area contributed by atoms with Gasteiger partial charge in [0.15, 0.2) is 0 Å². The highest BCUT2D eigenvalue weighted by Gasteiger charge is 2.24. The van der Waals surface area contributed by atoms with Gasteiger partial charge in [0.25, 0.3) is 5.91 Å². The largest absolute Gasteiger partial charge is 0.399 e. The minimum Gasteiger partial charge on any atom is -0.399 e. The predicted octanol–water partition coefficient (Wildman–Crippen LogP) is 1.47. The first-order chi connectivity index (χ1) is 8.11. The van der Waals surface area contributed by atoms with Crippen LogP contribution in [-0.4, -0.2) is 26.5 Å². The number of hydrogen-bond donors (Lipinski definition) is 2. The van der Waals surface area contributed by atoms with E-state index in [4.69, 9.17) is 5.73 Å². The standard InChI is InChI=1S/C13H19N3O/c1-15-13(17)11-6-5-10(14)7-12(11)16(2)8-9-3-4-9/h5-7,9H,3-4,8,14H2,1-2H3,(H,15,17). The van der Waals surface area contributed by atoms with Crippen molar-refractivity contribution in [2.45, 2.75) is 12.8 Å². The number of rotatable bonds is 4. The van der Waals surface area contributed by atoms with Gasteiger partial charge >= 0.3 is 0 Å². The zero-order chi connectivity index (χ0) is 12.4. The van der Waals surface area contributed by atoms with Crippen molar-refractivity contribution >= 4 is 17.3 Å². The van der Waals surface area contributed by atoms with Crippen LogP contribution >= 0.6 is 0 Å². The fourth-order valence-electron chi connectivity index (χ4n) is 1.98. The van der Waals surface area contributed by atoms with Crippen LogP contribution in [-0.2, 0) is 0 Å². The lowest BCUT2D eigenvalue weighted by molar-refractivity contribution is 0.0963. The number of carbonyl (C=O) groups is 1. The molecule has 17 heavy (non-hydrogen) atoms. The SMILES string of the molecule is CNC(=O)c1ccc(N)cc1N(C)CC1CC1. The molecule has 0 heterocycles. The van der Waals surface area contributed by atoms with Gasteiger partial charge in [-0.1, -0.05) is 0 Å². The van der Waals surface area contributed by atoms with Crippen molar-refractivity contribution in [1.82, 2.24) is 5.32 Å². The normalized spacial score (nSPS) is 14.5. The smallest absolute Gasteiger partial charge is 0.253 e. The molecule has 0 spiro atoms. The lowest BCUT2D eigenvalue weighted by Gasteiger charge is -2.22. The van der Waals surface area contributed by atoms with Gasteiger partial charge in [-0.3, -0.25) is 4.79 Å². The molecule has 4 nitrogen and oxygen atoms in total. The van der Waals surface area contributed by atoms with Crippen LogP contribution in [0.4, 0.5) is 11.4 Å². The molecule has 0 bridgehead atoms. The molecule has 1 aliphatic rings. The molecule has 2 rings (SSSR count). The summed E-state index contributed by atoms with van der Waals surface area (Å²) < 4.78 is 0. The highest BCUT2D eigenvalue weighted by Crippen LogP contribution is 2.32. The summed E-state index contributed by atoms with van der Waals surface area (Å²) in [6.07, 6.45) is 2.59. The van der Waals surface area contributed by atoms with E-state index in [1.165, 1.54) is 12.8 Å². The van der Waals surface area contributed by atoms with Gasteiger partial charge in [0.1, 0.15) is 0 Å². The first-order valence-corrected chi connectivity index (χ1v) is 5.94. The molecule has 4 heteroatoms. The lowest BCUT2D eigenvalue weighted by Crippen LogP contribution is -2.26. The summed E-state index contributed by atoms with van der Waals surface area (Å²) in [4.78, 5) is 13.9. The fraction of sp³-hybridized carbons (Fsp3) is 0.462. The Morgan fingerprint density at radius 1 is 1.53 bits per heavy atom. The topological polar surface area (TPSA) is 58.4 Å². The predicted molar refractivity (Wildman–Crippen MR) is 70.2 cm³/mol. The van der Waals surface area contributed by atoms with E-state index in [1.54, 1.807) is 19.2 Å². The number of nitrogen functional groups attached to an aromatic ring is 1. The number of nitrogens with zero attached hydrogens (tertiary/aromatic N) is 1. The molecule has 0 aromatic heterocycles. The number of amides is 1. The molecular formula is C13H19N3O. The van der Waals surface area contributed by atoms with E-state index < -0.39 is 0 Å². The van der Waals surface area contributed by atoms with E-state index in [9.17, 15) is 4.79 Å². The number of nitrogens with one attached hydrogen (secondary N) is 1. The van der Waals surface area contributed by atoms with Gasteiger partial charge in [0.05, 0.1) is 11.3 Å². The van der Waals surface area contributed by atoms with Crippen LogP contribution in [0.25, 0.3) is 0 Å². The van der Waals surface area contributed by atoms with Crippen LogP contribution in [0.2, 0.25) is 0 Å². The van der Waals surface area contributed by atoms with Crippen molar-refractivity contribution in [2.75, 3.05) is 31.3 Å². The second-order valence-corrected chi connectivity index (χ2v) is 4.68. The molecule has 3 N–H and O–H groups in total. The van der Waals surface area contributed by atoms with Crippen LogP contribution in [0.5, 0.6) is 0 Å². The quantitative estimate of drug-likeness (QED) is 0.774. The molecule has 0 aliphatic heterocycles. The number of anilines is 2. The molecular weight excluding hydrogens is 214 g/mol. The minimum atomic E-state index is -0.0670. The van der Waals surface area contributed by atoms with Gasteiger partial charge in [0, 0.05) is 26.3 Å². The molecule has 0 atom stereocenters. The highest BCUT2D eigenvalue weighted by molar-refractivity contribution is 6.00. The Hall–Kier alpha value is -1.71. The van der Waals surface area contributed by atoms with Crippen molar-refractivity contribution in [3.8, 4) is 0 Å². The second-order valence-electron chi connectivity index (χ2n) is 4.68. The molecule has 1 aromatic rings. The maximum atomic E-state index is 11.8. The molecule has 0 saturated heterocycles. The maximum absolute atomic E-state index is 11.8. The molecule has 1 aliphatic carbocycles. The van der Waals surface area contributed by atoms with Crippen LogP contribution in [0.15, 0.2) is 18.2 Å². The summed E-state index contributed by atoms with van der Waals surface area (Å²) >= 11 is 0. The van der Waals surface area contributed by atoms with E-state index in [-0.39, 0.29) is 5.91 Å². The Labute approximate surface area is 102 Å². The average molecular weight is 233 g/mol. The summed E-state index contributed by atoms with van der Waals surface area (Å²) in [5.41, 5.74) is 8.08. The summed E-state index contributed by atoms with van der Waals surface area (Å²) in [6, 6.07) is 5.42. The van der Waals surface area contributed by atoms with Crippen LogP contribution < -0.4 is 16.0 Å². The molecule has 92 valence electrons. The van der Waals surface area contributed by atoms with Crippen molar-refractivity contribution < 1.29 is 4.79 Å². The van der Waals surface area contributed by atoms with E-state index in [0.717, 1.165) is 18.2 Å². The van der Waals surface area contributed by atoms with Crippen molar-refractivity contribution in [2.24, 2.45) is 5.92 Å². The summed E-state index contributed by atoms with van der Waals surface area (Å²) in [5, 5.41) is 2.66. The Kier molecular flexibility index (Phi) is 3.22. The van der Waals surface area contributed by atoms with Gasteiger partial charge in [-0.25, -0.2) is 0 Å². The third-order valence-electron chi connectivity index (χ3n) is 3.13. The van der Waals surface area contributed by atoms with Gasteiger partial charge in [-0.15, -0.1) is 0 Å². The van der Waals surface area contributed by atoms with Crippen LogP contribution in [0, 0.1) is 5.92 Å². The van der Waals surface area contributed by atoms with Crippen LogP contribution in [0.3, 0.4) is 0 Å². The Balaban J connectivity index is 2.27. The molecule has 0 unspecified atom stereocenters. The Morgan fingerprint density at radius 2 is 2.24 bits per heavy atom. The second kappa shape index (κ2) is 4.65. The monoisotopic (exact) mass is 233 g/mol. The number of carbonyl (C=O) groups excluding carboxylic acids is 1. The third-order valence-corrected chi connectivity index (χ3v) is 3.13. The lowest BCUT2D eigenvalue weighted by atomic mass is 10.1. The molecule has 1 saturated carbocycles. The Bertz CT molecular complexity index is 427. The van der Waals surface area contributed by atoms with E-state index in [0.29, 0.717) is 11.3 Å². The summed E-state index contributed by atoms with van der Waals surface area (Å²) in [6.45, 7) is 0.993. The van der Waals surface area contributed by atoms with Crippen molar-refractivity contribution in [1.29, 1.82) is 0 Å². The van der Waals surface area contributed by atoms with Gasteiger partial charge < -0.3 is 16.0 Å². The molecule has 0 radical (unpaired) electrons. The van der Waals surface area contributed by atoms with Gasteiger partial charge in [-0.05, 0) is 37.0 Å². The summed E-state index contributed by atoms with van der Waals surface area (Å²) in [5.74, 6) is 0.710. The molecule has 1 aromatic carbocycles. The minimum absolute atomic E-state index is 0.0670. The molecule has 1 amide bonds. The van der Waals surface area contributed by atoms with Gasteiger partial charge in [0.2, 0.25) is 0 Å². The number of hydrogen-bond acceptors (Lipinski definition) is 3. The van der Waals surface area contributed by atoms with Crippen molar-refractivity contribution in [3.05, 3.63) is 23.8 Å². The van der Waals surface area contributed by atoms with E-state index >= 15 is 0 Å².